The summed E-state index contributed by atoms with van der Waals surface area (Å²) in [6.07, 6.45) is 10.3. The number of aryl methyl sites for hydroxylation is 2. The summed E-state index contributed by atoms with van der Waals surface area (Å²) in [4.78, 5) is 28.0. The number of nitrogens with zero attached hydrogens (tertiary/aromatic N) is 5. The molecule has 186 valence electrons. The number of ether oxygens (including phenoxy) is 1. The van der Waals surface area contributed by atoms with Crippen molar-refractivity contribution in [2.75, 3.05) is 20.2 Å². The molecule has 0 radical (unpaired) electrons. The number of hydrogen-bond donors (Lipinski definition) is 0. The number of hydrogen-bond acceptors (Lipinski definition) is 4. The predicted molar refractivity (Wildman–Crippen MR) is 132 cm³/mol. The van der Waals surface area contributed by atoms with Crippen LogP contribution >= 0.6 is 0 Å². The molecule has 0 saturated heterocycles. The van der Waals surface area contributed by atoms with Crippen LogP contribution in [-0.4, -0.2) is 49.9 Å². The Bertz CT molecular complexity index is 1340. The zero-order valence-electron chi connectivity index (χ0n) is 20.5. The molecule has 3 aromatic rings. The first-order valence-electron chi connectivity index (χ1n) is 12.2. The van der Waals surface area contributed by atoms with Gasteiger partial charge >= 0.3 is 5.69 Å². The number of amides is 1. The minimum absolute atomic E-state index is 0.0398. The fourth-order valence-electron chi connectivity index (χ4n) is 5.56. The number of methoxy groups -OCH3 is 1. The molecule has 1 aliphatic carbocycles. The summed E-state index contributed by atoms with van der Waals surface area (Å²) in [7, 11) is 4.99. The molecule has 0 bridgehead atoms. The van der Waals surface area contributed by atoms with Gasteiger partial charge in [-0.1, -0.05) is 6.08 Å². The van der Waals surface area contributed by atoms with Crippen LogP contribution in [0.1, 0.15) is 37.7 Å². The van der Waals surface area contributed by atoms with Gasteiger partial charge in [0.1, 0.15) is 0 Å². The Kier molecular flexibility index (Phi) is 6.25. The fraction of sp³-hybridized carbons (Fsp3) is 0.500. The quantitative estimate of drug-likeness (QED) is 0.560. The third kappa shape index (κ3) is 4.39. The van der Waals surface area contributed by atoms with E-state index in [1.165, 1.54) is 23.3 Å². The largest absolute Gasteiger partial charge is 0.494 e. The van der Waals surface area contributed by atoms with E-state index < -0.39 is 5.82 Å². The van der Waals surface area contributed by atoms with Crippen LogP contribution in [0.4, 0.5) is 4.39 Å². The standard InChI is InChI=1S/C26H32FN5O3/c1-29-16-20(14-28-29)18-8-10-31(11-9-18)25(33)19-6-4-17(5-7-19)15-32-23-13-24(35-3)21(27)12-22(23)30(2)26(32)34/h8,12-14,16-17,19H,4-7,9-11,15H2,1-3H3. The van der Waals surface area contributed by atoms with Gasteiger partial charge in [0.15, 0.2) is 11.6 Å². The van der Waals surface area contributed by atoms with E-state index in [4.69, 9.17) is 4.74 Å². The van der Waals surface area contributed by atoms with Crippen LogP contribution in [0.3, 0.4) is 0 Å². The molecule has 8 nitrogen and oxygen atoms in total. The monoisotopic (exact) mass is 481 g/mol. The smallest absolute Gasteiger partial charge is 0.328 e. The molecule has 1 aromatic carbocycles. The van der Waals surface area contributed by atoms with E-state index >= 15 is 0 Å². The molecule has 0 atom stereocenters. The van der Waals surface area contributed by atoms with Gasteiger partial charge in [-0.05, 0) is 43.6 Å². The van der Waals surface area contributed by atoms with E-state index in [0.29, 0.717) is 30.0 Å². The number of fused-ring (bicyclic) bond motifs is 1. The second-order valence-corrected chi connectivity index (χ2v) is 9.81. The molecule has 1 fully saturated rings. The van der Waals surface area contributed by atoms with Crippen molar-refractivity contribution in [2.45, 2.75) is 38.6 Å². The van der Waals surface area contributed by atoms with Crippen LogP contribution < -0.4 is 10.4 Å². The van der Waals surface area contributed by atoms with Crippen molar-refractivity contribution in [3.05, 3.63) is 52.5 Å². The molecule has 35 heavy (non-hydrogen) atoms. The fourth-order valence-corrected chi connectivity index (χ4v) is 5.56. The van der Waals surface area contributed by atoms with Gasteiger partial charge in [-0.2, -0.15) is 5.10 Å². The summed E-state index contributed by atoms with van der Waals surface area (Å²) in [5.74, 6) is 0.239. The third-order valence-corrected chi connectivity index (χ3v) is 7.65. The molecule has 2 aromatic heterocycles. The van der Waals surface area contributed by atoms with Crippen molar-refractivity contribution in [3.63, 3.8) is 0 Å². The van der Waals surface area contributed by atoms with Crippen LogP contribution in [0.25, 0.3) is 16.6 Å². The van der Waals surface area contributed by atoms with E-state index in [-0.39, 0.29) is 23.3 Å². The average Bonchev–Trinajstić information content (AvgIpc) is 3.41. The van der Waals surface area contributed by atoms with Gasteiger partial charge < -0.3 is 9.64 Å². The Hall–Kier alpha value is -3.36. The highest BCUT2D eigenvalue weighted by Crippen LogP contribution is 2.33. The maximum absolute atomic E-state index is 14.2. The van der Waals surface area contributed by atoms with Crippen LogP contribution in [0.5, 0.6) is 5.75 Å². The normalized spacial score (nSPS) is 20.8. The summed E-state index contributed by atoms with van der Waals surface area (Å²) < 4.78 is 24.3. The van der Waals surface area contributed by atoms with Crippen LogP contribution in [0.15, 0.2) is 35.4 Å². The van der Waals surface area contributed by atoms with E-state index in [0.717, 1.165) is 44.2 Å². The summed E-state index contributed by atoms with van der Waals surface area (Å²) in [5.41, 5.74) is 3.46. The van der Waals surface area contributed by atoms with Gasteiger partial charge in [0.05, 0.1) is 24.3 Å². The Morgan fingerprint density at radius 2 is 1.94 bits per heavy atom. The lowest BCUT2D eigenvalue weighted by molar-refractivity contribution is -0.136. The molecular formula is C26H32FN5O3. The number of carbonyl (C=O) groups excluding carboxylic acids is 1. The first-order valence-corrected chi connectivity index (χ1v) is 12.2. The molecule has 0 N–H and O–H groups in total. The highest BCUT2D eigenvalue weighted by molar-refractivity contribution is 5.80. The van der Waals surface area contributed by atoms with Crippen LogP contribution in [0.2, 0.25) is 0 Å². The summed E-state index contributed by atoms with van der Waals surface area (Å²) in [5, 5.41) is 4.24. The van der Waals surface area contributed by atoms with Crippen molar-refractivity contribution in [1.82, 2.24) is 23.8 Å². The zero-order valence-corrected chi connectivity index (χ0v) is 20.5. The molecule has 0 unspecified atom stereocenters. The van der Waals surface area contributed by atoms with Crippen molar-refractivity contribution in [3.8, 4) is 5.75 Å². The number of halogens is 1. The number of aromatic nitrogens is 4. The van der Waals surface area contributed by atoms with Crippen molar-refractivity contribution in [2.24, 2.45) is 25.9 Å². The topological polar surface area (TPSA) is 74.3 Å². The lowest BCUT2D eigenvalue weighted by Crippen LogP contribution is -2.40. The summed E-state index contributed by atoms with van der Waals surface area (Å²) in [6, 6.07) is 2.96. The second kappa shape index (κ2) is 9.36. The van der Waals surface area contributed by atoms with E-state index in [9.17, 15) is 14.0 Å². The van der Waals surface area contributed by atoms with Gasteiger partial charge in [0, 0.05) is 63.5 Å². The molecule has 0 spiro atoms. The molecule has 1 aliphatic heterocycles. The minimum atomic E-state index is -0.480. The Morgan fingerprint density at radius 3 is 2.57 bits per heavy atom. The Morgan fingerprint density at radius 1 is 1.17 bits per heavy atom. The van der Waals surface area contributed by atoms with E-state index in [1.807, 2.05) is 24.3 Å². The van der Waals surface area contributed by atoms with E-state index in [2.05, 4.69) is 11.2 Å². The zero-order chi connectivity index (χ0) is 24.7. The highest BCUT2D eigenvalue weighted by Gasteiger charge is 2.31. The molecule has 9 heteroatoms. The first-order chi connectivity index (χ1) is 16.9. The molecule has 2 aliphatic rings. The van der Waals surface area contributed by atoms with Crippen LogP contribution in [-0.2, 0) is 25.4 Å². The minimum Gasteiger partial charge on any atom is -0.494 e. The van der Waals surface area contributed by atoms with Gasteiger partial charge in [-0.25, -0.2) is 9.18 Å². The molecule has 5 rings (SSSR count). The summed E-state index contributed by atoms with van der Waals surface area (Å²) in [6.45, 7) is 1.95. The number of rotatable bonds is 5. The van der Waals surface area contributed by atoms with Crippen molar-refractivity contribution < 1.29 is 13.9 Å². The number of benzene rings is 1. The molecule has 1 saturated carbocycles. The number of imidazole rings is 1. The Balaban J connectivity index is 1.22. The lowest BCUT2D eigenvalue weighted by atomic mass is 9.81. The third-order valence-electron chi connectivity index (χ3n) is 7.65. The lowest BCUT2D eigenvalue weighted by Gasteiger charge is -2.33. The molecular weight excluding hydrogens is 449 g/mol. The van der Waals surface area contributed by atoms with Gasteiger partial charge in [-0.15, -0.1) is 0 Å². The van der Waals surface area contributed by atoms with Crippen molar-refractivity contribution in [1.29, 1.82) is 0 Å². The van der Waals surface area contributed by atoms with Gasteiger partial charge in [0.2, 0.25) is 5.91 Å². The number of carbonyl (C=O) groups is 1. The maximum atomic E-state index is 14.2. The van der Waals surface area contributed by atoms with Gasteiger partial charge in [-0.3, -0.25) is 18.6 Å². The van der Waals surface area contributed by atoms with Crippen LogP contribution in [0, 0.1) is 17.7 Å². The van der Waals surface area contributed by atoms with Crippen molar-refractivity contribution >= 4 is 22.5 Å². The average molecular weight is 482 g/mol. The summed E-state index contributed by atoms with van der Waals surface area (Å²) >= 11 is 0. The predicted octanol–water partition coefficient (Wildman–Crippen LogP) is 3.34. The SMILES string of the molecule is COc1cc2c(cc1F)n(C)c(=O)n2CC1CCC(C(=O)N2CC=C(c3cnn(C)c3)CC2)CC1. The Labute approximate surface area is 203 Å². The highest BCUT2D eigenvalue weighted by atomic mass is 19.1. The first kappa shape index (κ1) is 23.4. The molecule has 3 heterocycles. The van der Waals surface area contributed by atoms with E-state index in [1.54, 1.807) is 22.4 Å². The van der Waals surface area contributed by atoms with Gasteiger partial charge in [0.25, 0.3) is 0 Å². The molecule has 1 amide bonds. The second-order valence-electron chi connectivity index (χ2n) is 9.81. The maximum Gasteiger partial charge on any atom is 0.328 e.